The molecule has 0 aliphatic heterocycles. The van der Waals surface area contributed by atoms with E-state index in [-0.39, 0.29) is 12.4 Å². The maximum absolute atomic E-state index is 5.83. The first-order valence-electron chi connectivity index (χ1n) is 6.65. The van der Waals surface area contributed by atoms with Crippen LogP contribution in [0, 0.1) is 0 Å². The van der Waals surface area contributed by atoms with Gasteiger partial charge in [0.2, 0.25) is 0 Å². The molecule has 0 bridgehead atoms. The highest BCUT2D eigenvalue weighted by molar-refractivity contribution is 5.85. The Balaban J connectivity index is 0.00000161. The molecule has 3 aromatic rings. The first kappa shape index (κ1) is 15.3. The molecular weight excluding hydrogens is 284 g/mol. The number of halogens is 1. The summed E-state index contributed by atoms with van der Waals surface area (Å²) >= 11 is 0. The van der Waals surface area contributed by atoms with Gasteiger partial charge in [-0.2, -0.15) is 0 Å². The molecule has 0 saturated carbocycles. The molecule has 0 radical (unpaired) electrons. The molecule has 0 aliphatic carbocycles. The van der Waals surface area contributed by atoms with Crippen LogP contribution in [0.5, 0.6) is 0 Å². The Kier molecular flexibility index (Phi) is 5.55. The van der Waals surface area contributed by atoms with E-state index >= 15 is 0 Å². The summed E-state index contributed by atoms with van der Waals surface area (Å²) < 4.78 is 5.83. The molecule has 0 spiro atoms. The molecular formula is C17H17ClN2O. The summed E-state index contributed by atoms with van der Waals surface area (Å²) in [6, 6.07) is 18.2. The number of hydrogen-bond donors (Lipinski definition) is 1. The van der Waals surface area contributed by atoms with Crippen LogP contribution in [0.25, 0.3) is 11.3 Å². The first-order valence-corrected chi connectivity index (χ1v) is 6.65. The molecule has 0 amide bonds. The molecule has 4 heteroatoms. The second kappa shape index (κ2) is 7.62. The Bertz CT molecular complexity index is 653. The number of benzene rings is 1. The third-order valence-corrected chi connectivity index (χ3v) is 3.10. The van der Waals surface area contributed by atoms with Crippen molar-refractivity contribution in [2.75, 3.05) is 0 Å². The second-order valence-electron chi connectivity index (χ2n) is 4.59. The van der Waals surface area contributed by atoms with Gasteiger partial charge in [0, 0.05) is 24.5 Å². The van der Waals surface area contributed by atoms with Crippen LogP contribution in [0.3, 0.4) is 0 Å². The predicted octanol–water partition coefficient (Wildman–Crippen LogP) is 4.05. The van der Waals surface area contributed by atoms with Gasteiger partial charge in [-0.15, -0.1) is 12.4 Å². The Labute approximate surface area is 130 Å². The molecule has 1 N–H and O–H groups in total. The Morgan fingerprint density at radius 2 is 1.62 bits per heavy atom. The Morgan fingerprint density at radius 3 is 2.38 bits per heavy atom. The largest absolute Gasteiger partial charge is 0.460 e. The second-order valence-corrected chi connectivity index (χ2v) is 4.59. The first-order chi connectivity index (χ1) is 9.92. The van der Waals surface area contributed by atoms with Gasteiger partial charge in [-0.1, -0.05) is 30.3 Å². The average molecular weight is 301 g/mol. The van der Waals surface area contributed by atoms with E-state index in [9.17, 15) is 0 Å². The maximum Gasteiger partial charge on any atom is 0.134 e. The molecule has 0 aliphatic rings. The molecule has 3 nitrogen and oxygen atoms in total. The van der Waals surface area contributed by atoms with Crippen molar-refractivity contribution in [3.63, 3.8) is 0 Å². The molecule has 0 atom stereocenters. The molecule has 0 fully saturated rings. The smallest absolute Gasteiger partial charge is 0.134 e. The fourth-order valence-electron chi connectivity index (χ4n) is 2.06. The molecule has 0 saturated heterocycles. The highest BCUT2D eigenvalue weighted by atomic mass is 35.5. The summed E-state index contributed by atoms with van der Waals surface area (Å²) in [4.78, 5) is 4.00. The standard InChI is InChI=1S/C17H16N2O.ClH/c1-2-4-15(5-3-1)17-7-6-16(20-17)13-19-12-14-8-10-18-11-9-14;/h1-11,19H,12-13H2;1H. The van der Waals surface area contributed by atoms with E-state index in [0.717, 1.165) is 30.2 Å². The summed E-state index contributed by atoms with van der Waals surface area (Å²) in [6.07, 6.45) is 3.61. The highest BCUT2D eigenvalue weighted by Crippen LogP contribution is 2.21. The van der Waals surface area contributed by atoms with Gasteiger partial charge in [-0.05, 0) is 29.8 Å². The van der Waals surface area contributed by atoms with Gasteiger partial charge in [-0.25, -0.2) is 0 Å². The third-order valence-electron chi connectivity index (χ3n) is 3.10. The predicted molar refractivity (Wildman–Crippen MR) is 86.2 cm³/mol. The summed E-state index contributed by atoms with van der Waals surface area (Å²) in [5.74, 6) is 1.85. The molecule has 0 unspecified atom stereocenters. The van der Waals surface area contributed by atoms with Crippen LogP contribution < -0.4 is 5.32 Å². The van der Waals surface area contributed by atoms with Gasteiger partial charge < -0.3 is 9.73 Å². The number of aromatic nitrogens is 1. The minimum absolute atomic E-state index is 0. The fraction of sp³-hybridized carbons (Fsp3) is 0.118. The summed E-state index contributed by atoms with van der Waals surface area (Å²) in [5.41, 5.74) is 2.32. The van der Waals surface area contributed by atoms with Gasteiger partial charge in [0.05, 0.1) is 6.54 Å². The maximum atomic E-state index is 5.83. The van der Waals surface area contributed by atoms with Crippen molar-refractivity contribution in [2.24, 2.45) is 0 Å². The minimum Gasteiger partial charge on any atom is -0.460 e. The lowest BCUT2D eigenvalue weighted by Crippen LogP contribution is -2.11. The van der Waals surface area contributed by atoms with Crippen LogP contribution in [0.15, 0.2) is 71.4 Å². The van der Waals surface area contributed by atoms with Crippen molar-refractivity contribution in [1.82, 2.24) is 10.3 Å². The molecule has 2 aromatic heterocycles. The van der Waals surface area contributed by atoms with Crippen molar-refractivity contribution in [1.29, 1.82) is 0 Å². The number of nitrogens with zero attached hydrogens (tertiary/aromatic N) is 1. The zero-order valence-electron chi connectivity index (χ0n) is 11.5. The summed E-state index contributed by atoms with van der Waals surface area (Å²) in [7, 11) is 0. The van der Waals surface area contributed by atoms with E-state index in [0.29, 0.717) is 0 Å². The number of hydrogen-bond acceptors (Lipinski definition) is 3. The normalized spacial score (nSPS) is 10.1. The molecule has 1 aromatic carbocycles. The molecule has 2 heterocycles. The van der Waals surface area contributed by atoms with Crippen molar-refractivity contribution in [3.8, 4) is 11.3 Å². The van der Waals surface area contributed by atoms with Crippen LogP contribution in [0.1, 0.15) is 11.3 Å². The lowest BCUT2D eigenvalue weighted by atomic mass is 10.2. The van der Waals surface area contributed by atoms with Gasteiger partial charge in [-0.3, -0.25) is 4.98 Å². The Morgan fingerprint density at radius 1 is 0.857 bits per heavy atom. The summed E-state index contributed by atoms with van der Waals surface area (Å²) in [5, 5.41) is 3.36. The number of rotatable bonds is 5. The summed E-state index contributed by atoms with van der Waals surface area (Å²) in [6.45, 7) is 1.53. The van der Waals surface area contributed by atoms with Crippen molar-refractivity contribution < 1.29 is 4.42 Å². The number of nitrogens with one attached hydrogen (secondary N) is 1. The Hall–Kier alpha value is -2.10. The van der Waals surface area contributed by atoms with E-state index < -0.39 is 0 Å². The zero-order chi connectivity index (χ0) is 13.6. The minimum atomic E-state index is 0. The lowest BCUT2D eigenvalue weighted by Gasteiger charge is -2.02. The fourth-order valence-corrected chi connectivity index (χ4v) is 2.06. The van der Waals surface area contributed by atoms with Crippen LogP contribution in [0.4, 0.5) is 0 Å². The van der Waals surface area contributed by atoms with Crippen molar-refractivity contribution >= 4 is 12.4 Å². The average Bonchev–Trinajstić information content (AvgIpc) is 2.98. The topological polar surface area (TPSA) is 38.1 Å². The zero-order valence-corrected chi connectivity index (χ0v) is 12.3. The molecule has 3 rings (SSSR count). The quantitative estimate of drug-likeness (QED) is 0.772. The van der Waals surface area contributed by atoms with E-state index in [1.54, 1.807) is 12.4 Å². The number of pyridine rings is 1. The van der Waals surface area contributed by atoms with Gasteiger partial charge in [0.1, 0.15) is 11.5 Å². The van der Waals surface area contributed by atoms with Crippen LogP contribution >= 0.6 is 12.4 Å². The van der Waals surface area contributed by atoms with Crippen LogP contribution in [-0.4, -0.2) is 4.98 Å². The van der Waals surface area contributed by atoms with E-state index in [1.165, 1.54) is 5.56 Å². The van der Waals surface area contributed by atoms with Gasteiger partial charge >= 0.3 is 0 Å². The van der Waals surface area contributed by atoms with Gasteiger partial charge in [0.15, 0.2) is 0 Å². The monoisotopic (exact) mass is 300 g/mol. The lowest BCUT2D eigenvalue weighted by molar-refractivity contribution is 0.493. The number of furan rings is 1. The highest BCUT2D eigenvalue weighted by Gasteiger charge is 2.03. The van der Waals surface area contributed by atoms with Crippen molar-refractivity contribution in [2.45, 2.75) is 13.1 Å². The SMILES string of the molecule is Cl.c1ccc(-c2ccc(CNCc3ccncc3)o2)cc1. The molecule has 108 valence electrons. The van der Waals surface area contributed by atoms with Crippen LogP contribution in [0.2, 0.25) is 0 Å². The van der Waals surface area contributed by atoms with Crippen molar-refractivity contribution in [3.05, 3.63) is 78.3 Å². The van der Waals surface area contributed by atoms with Crippen LogP contribution in [-0.2, 0) is 13.1 Å². The third kappa shape index (κ3) is 4.18. The molecule has 21 heavy (non-hydrogen) atoms. The van der Waals surface area contributed by atoms with E-state index in [4.69, 9.17) is 4.42 Å². The van der Waals surface area contributed by atoms with E-state index in [2.05, 4.69) is 10.3 Å². The van der Waals surface area contributed by atoms with Gasteiger partial charge in [0.25, 0.3) is 0 Å². The van der Waals surface area contributed by atoms with E-state index in [1.807, 2.05) is 54.6 Å².